The smallest absolute Gasteiger partial charge is 0.187 e. The van der Waals surface area contributed by atoms with Crippen LogP contribution in [0.25, 0.3) is 0 Å². The van der Waals surface area contributed by atoms with E-state index >= 15 is 0 Å². The van der Waals surface area contributed by atoms with Crippen LogP contribution in [0.2, 0.25) is 0 Å². The maximum absolute atomic E-state index is 7.00. The zero-order valence-corrected chi connectivity index (χ0v) is 8.57. The monoisotopic (exact) mass is 202 g/mol. The zero-order chi connectivity index (χ0) is 10.0. The molecule has 2 saturated heterocycles. The Morgan fingerprint density at radius 1 is 1.14 bits per heavy atom. The summed E-state index contributed by atoms with van der Waals surface area (Å²) < 4.78 is 17.1. The molecular weight excluding hydrogens is 184 g/mol. The maximum Gasteiger partial charge on any atom is 0.187 e. The normalized spacial score (nSPS) is 38.1. The van der Waals surface area contributed by atoms with Crippen molar-refractivity contribution in [3.8, 4) is 0 Å². The Balaban J connectivity index is 0.000000354. The quantitative estimate of drug-likeness (QED) is 0.637. The van der Waals surface area contributed by atoms with Crippen LogP contribution in [0.4, 0.5) is 0 Å². The molecule has 0 aromatic carbocycles. The van der Waals surface area contributed by atoms with Gasteiger partial charge in [0, 0.05) is 26.4 Å². The Labute approximate surface area is 84.1 Å². The first-order chi connectivity index (χ1) is 6.88. The van der Waals surface area contributed by atoms with Gasteiger partial charge in [-0.3, -0.25) is 0 Å². The number of hydrogen-bond acceptors (Lipinski definition) is 4. The van der Waals surface area contributed by atoms with Crippen molar-refractivity contribution in [1.82, 2.24) is 0 Å². The number of aliphatic hydroxyl groups is 1. The molecule has 4 nitrogen and oxygen atoms in total. The second-order valence-electron chi connectivity index (χ2n) is 3.92. The van der Waals surface area contributed by atoms with E-state index in [1.54, 1.807) is 0 Å². The van der Waals surface area contributed by atoms with E-state index in [2.05, 4.69) is 0 Å². The van der Waals surface area contributed by atoms with Crippen LogP contribution >= 0.6 is 0 Å². The molecule has 2 atom stereocenters. The molecular formula is C10H18O4. The van der Waals surface area contributed by atoms with E-state index in [9.17, 15) is 0 Å². The Hall–Kier alpha value is -0.160. The third kappa shape index (κ3) is 1.67. The lowest BCUT2D eigenvalue weighted by Crippen LogP contribution is -2.27. The van der Waals surface area contributed by atoms with Crippen LogP contribution in [-0.2, 0) is 14.2 Å². The maximum atomic E-state index is 7.00. The van der Waals surface area contributed by atoms with Gasteiger partial charge in [-0.15, -0.1) is 0 Å². The number of fused-ring (bicyclic) bond motifs is 1. The van der Waals surface area contributed by atoms with E-state index in [1.807, 2.05) is 0 Å². The Morgan fingerprint density at radius 3 is 2.50 bits per heavy atom. The van der Waals surface area contributed by atoms with Crippen LogP contribution in [0.5, 0.6) is 0 Å². The molecule has 82 valence electrons. The summed E-state index contributed by atoms with van der Waals surface area (Å²) in [6, 6.07) is 0. The highest BCUT2D eigenvalue weighted by Crippen LogP contribution is 2.44. The molecule has 1 N–H and O–H groups in total. The van der Waals surface area contributed by atoms with Crippen molar-refractivity contribution in [2.75, 3.05) is 13.7 Å². The van der Waals surface area contributed by atoms with E-state index in [0.717, 1.165) is 33.0 Å². The molecule has 2 heterocycles. The van der Waals surface area contributed by atoms with Crippen molar-refractivity contribution < 1.29 is 19.3 Å². The lowest BCUT2D eigenvalue weighted by Gasteiger charge is -2.22. The van der Waals surface area contributed by atoms with Crippen molar-refractivity contribution in [3.05, 3.63) is 0 Å². The topological polar surface area (TPSA) is 47.9 Å². The lowest BCUT2D eigenvalue weighted by molar-refractivity contribution is -0.210. The van der Waals surface area contributed by atoms with Crippen molar-refractivity contribution in [1.29, 1.82) is 0 Å². The average Bonchev–Trinajstić information content (AvgIpc) is 2.86. The summed E-state index contributed by atoms with van der Waals surface area (Å²) in [5.41, 5.74) is 0. The largest absolute Gasteiger partial charge is 0.400 e. The zero-order valence-electron chi connectivity index (χ0n) is 8.57. The first kappa shape index (κ1) is 10.4. The summed E-state index contributed by atoms with van der Waals surface area (Å²) in [6.45, 7) is 0.797. The van der Waals surface area contributed by atoms with Gasteiger partial charge < -0.3 is 19.3 Å². The van der Waals surface area contributed by atoms with Gasteiger partial charge in [-0.25, -0.2) is 0 Å². The van der Waals surface area contributed by atoms with Crippen LogP contribution in [0.3, 0.4) is 0 Å². The highest BCUT2D eigenvalue weighted by atomic mass is 16.8. The molecule has 3 rings (SSSR count). The third-order valence-electron chi connectivity index (χ3n) is 3.05. The fourth-order valence-corrected chi connectivity index (χ4v) is 2.43. The number of aliphatic hydroxyl groups excluding tert-OH is 1. The van der Waals surface area contributed by atoms with E-state index in [4.69, 9.17) is 19.3 Å². The molecule has 1 aliphatic carbocycles. The first-order valence-corrected chi connectivity index (χ1v) is 5.30. The molecule has 3 aliphatic rings. The Bertz CT molecular complexity index is 175. The average molecular weight is 202 g/mol. The fraction of sp³-hybridized carbons (Fsp3) is 1.00. The van der Waals surface area contributed by atoms with Crippen LogP contribution < -0.4 is 0 Å². The van der Waals surface area contributed by atoms with Crippen LogP contribution in [0.15, 0.2) is 0 Å². The summed E-state index contributed by atoms with van der Waals surface area (Å²) in [5, 5.41) is 7.00. The molecule has 0 aromatic heterocycles. The molecule has 1 spiro atoms. The summed E-state index contributed by atoms with van der Waals surface area (Å²) in [4.78, 5) is 0. The van der Waals surface area contributed by atoms with Crippen molar-refractivity contribution in [2.24, 2.45) is 0 Å². The Morgan fingerprint density at radius 2 is 1.86 bits per heavy atom. The summed E-state index contributed by atoms with van der Waals surface area (Å²) in [7, 11) is 1.00. The van der Waals surface area contributed by atoms with E-state index < -0.39 is 0 Å². The van der Waals surface area contributed by atoms with Gasteiger partial charge in [0.25, 0.3) is 0 Å². The second-order valence-corrected chi connectivity index (χ2v) is 3.92. The summed E-state index contributed by atoms with van der Waals surface area (Å²) in [5.74, 6) is -0.240. The highest BCUT2D eigenvalue weighted by Gasteiger charge is 2.51. The van der Waals surface area contributed by atoms with Crippen LogP contribution in [-0.4, -0.2) is 37.0 Å². The molecule has 14 heavy (non-hydrogen) atoms. The predicted molar refractivity (Wildman–Crippen MR) is 49.7 cm³/mol. The number of rotatable bonds is 0. The van der Waals surface area contributed by atoms with Gasteiger partial charge in [0.15, 0.2) is 12.1 Å². The summed E-state index contributed by atoms with van der Waals surface area (Å²) in [6.07, 6.45) is 5.77. The number of ether oxygens (including phenoxy) is 3. The molecule has 0 bridgehead atoms. The molecule has 0 aromatic rings. The third-order valence-corrected chi connectivity index (χ3v) is 3.05. The lowest BCUT2D eigenvalue weighted by atomic mass is 10.2. The summed E-state index contributed by atoms with van der Waals surface area (Å²) >= 11 is 0. The SMILES string of the molecule is C1CCC2(C1)OC1CCOC1O2.CO. The highest BCUT2D eigenvalue weighted by molar-refractivity contribution is 4.88. The van der Waals surface area contributed by atoms with Gasteiger partial charge in [0.05, 0.1) is 6.61 Å². The van der Waals surface area contributed by atoms with Crippen molar-refractivity contribution >= 4 is 0 Å². The minimum absolute atomic E-state index is 0.0527. The minimum Gasteiger partial charge on any atom is -0.400 e. The standard InChI is InChI=1S/C9H14O3.CH4O/c1-2-5-9(4-1)11-7-3-6-10-8(7)12-9;1-2/h7-8H,1-6H2;2H,1H3. The van der Waals surface area contributed by atoms with Gasteiger partial charge in [0.2, 0.25) is 0 Å². The van der Waals surface area contributed by atoms with E-state index in [1.165, 1.54) is 12.8 Å². The second kappa shape index (κ2) is 4.14. The molecule has 2 aliphatic heterocycles. The first-order valence-electron chi connectivity index (χ1n) is 5.30. The molecule has 0 amide bonds. The van der Waals surface area contributed by atoms with Crippen LogP contribution in [0.1, 0.15) is 32.1 Å². The van der Waals surface area contributed by atoms with Gasteiger partial charge >= 0.3 is 0 Å². The van der Waals surface area contributed by atoms with Crippen molar-refractivity contribution in [2.45, 2.75) is 50.3 Å². The van der Waals surface area contributed by atoms with E-state index in [0.29, 0.717) is 0 Å². The number of hydrogen-bond donors (Lipinski definition) is 1. The molecule has 1 saturated carbocycles. The van der Waals surface area contributed by atoms with Crippen LogP contribution in [0, 0.1) is 0 Å². The Kier molecular flexibility index (Phi) is 3.07. The fourth-order valence-electron chi connectivity index (χ4n) is 2.43. The van der Waals surface area contributed by atoms with Gasteiger partial charge in [0.1, 0.15) is 6.10 Å². The molecule has 2 unspecified atom stereocenters. The minimum atomic E-state index is -0.240. The molecule has 4 heteroatoms. The molecule has 0 radical (unpaired) electrons. The molecule has 3 fully saturated rings. The van der Waals surface area contributed by atoms with Gasteiger partial charge in [-0.1, -0.05) is 0 Å². The van der Waals surface area contributed by atoms with Gasteiger partial charge in [-0.2, -0.15) is 0 Å². The van der Waals surface area contributed by atoms with E-state index in [-0.39, 0.29) is 18.2 Å². The van der Waals surface area contributed by atoms with Gasteiger partial charge in [-0.05, 0) is 12.8 Å². The predicted octanol–water partition coefficient (Wildman–Crippen LogP) is 1.03. The van der Waals surface area contributed by atoms with Crippen molar-refractivity contribution in [3.63, 3.8) is 0 Å².